The minimum atomic E-state index is -3.26. The van der Waals surface area contributed by atoms with Gasteiger partial charge in [-0.05, 0) is 25.2 Å². The lowest BCUT2D eigenvalue weighted by atomic mass is 9.89. The lowest BCUT2D eigenvalue weighted by molar-refractivity contribution is 0.0102. The maximum absolute atomic E-state index is 11.7. The molecule has 0 rings (SSSR count). The first-order chi connectivity index (χ1) is 7.60. The van der Waals surface area contributed by atoms with Crippen LogP contribution in [0.25, 0.3) is 0 Å². The Morgan fingerprint density at radius 2 is 1.82 bits per heavy atom. The highest BCUT2D eigenvalue weighted by Crippen LogP contribution is 2.19. The molecule has 2 N–H and O–H groups in total. The Kier molecular flexibility index (Phi) is 6.66. The summed E-state index contributed by atoms with van der Waals surface area (Å²) in [7, 11) is -3.26. The van der Waals surface area contributed by atoms with Crippen LogP contribution in [0.2, 0.25) is 0 Å². The summed E-state index contributed by atoms with van der Waals surface area (Å²) in [5.74, 6) is 0.554. The molecule has 0 aromatic heterocycles. The van der Waals surface area contributed by atoms with Gasteiger partial charge in [0.25, 0.3) is 0 Å². The van der Waals surface area contributed by atoms with E-state index in [2.05, 4.69) is 4.72 Å². The van der Waals surface area contributed by atoms with Crippen LogP contribution in [-0.4, -0.2) is 31.4 Å². The van der Waals surface area contributed by atoms with Gasteiger partial charge in [0.1, 0.15) is 0 Å². The van der Waals surface area contributed by atoms with E-state index in [1.807, 2.05) is 27.7 Å². The summed E-state index contributed by atoms with van der Waals surface area (Å²) in [5.41, 5.74) is -0.986. The van der Waals surface area contributed by atoms with Crippen LogP contribution in [0.5, 0.6) is 0 Å². The predicted molar refractivity (Wildman–Crippen MR) is 71.3 cm³/mol. The van der Waals surface area contributed by atoms with Gasteiger partial charge in [-0.15, -0.1) is 0 Å². The number of hydrogen-bond acceptors (Lipinski definition) is 3. The van der Waals surface area contributed by atoms with Crippen molar-refractivity contribution in [3.05, 3.63) is 0 Å². The highest BCUT2D eigenvalue weighted by molar-refractivity contribution is 7.89. The number of rotatable bonds is 8. The van der Waals surface area contributed by atoms with Crippen molar-refractivity contribution in [3.8, 4) is 0 Å². The zero-order valence-electron chi connectivity index (χ0n) is 11.7. The lowest BCUT2D eigenvalue weighted by Crippen LogP contribution is -2.45. The van der Waals surface area contributed by atoms with Crippen LogP contribution in [0.15, 0.2) is 0 Å². The van der Waals surface area contributed by atoms with Gasteiger partial charge in [-0.2, -0.15) is 0 Å². The van der Waals surface area contributed by atoms with Crippen LogP contribution in [0.3, 0.4) is 0 Å². The summed E-state index contributed by atoms with van der Waals surface area (Å²) in [5, 5.41) is 10.1. The molecule has 0 aromatic rings. The Hall–Kier alpha value is -0.130. The highest BCUT2D eigenvalue weighted by atomic mass is 32.2. The molecule has 0 aliphatic carbocycles. The molecule has 0 saturated carbocycles. The smallest absolute Gasteiger partial charge is 0.211 e. The second-order valence-corrected chi connectivity index (χ2v) is 7.42. The number of aliphatic hydroxyl groups is 1. The number of hydrogen-bond donors (Lipinski definition) is 2. The number of sulfonamides is 1. The summed E-state index contributed by atoms with van der Waals surface area (Å²) in [6.45, 7) is 9.64. The first kappa shape index (κ1) is 16.9. The summed E-state index contributed by atoms with van der Waals surface area (Å²) in [4.78, 5) is 0. The zero-order valence-corrected chi connectivity index (χ0v) is 12.5. The Labute approximate surface area is 106 Å². The van der Waals surface area contributed by atoms with Crippen molar-refractivity contribution in [3.63, 3.8) is 0 Å². The third-order valence-electron chi connectivity index (χ3n) is 3.29. The Bertz CT molecular complexity index is 310. The quantitative estimate of drug-likeness (QED) is 0.702. The minimum Gasteiger partial charge on any atom is -0.389 e. The number of nitrogens with one attached hydrogen (secondary N) is 1. The van der Waals surface area contributed by atoms with Crippen LogP contribution < -0.4 is 4.72 Å². The second-order valence-electron chi connectivity index (χ2n) is 5.49. The molecule has 2 atom stereocenters. The summed E-state index contributed by atoms with van der Waals surface area (Å²) in [6.07, 6.45) is 1.46. The molecule has 0 aliphatic rings. The van der Waals surface area contributed by atoms with E-state index in [-0.39, 0.29) is 18.2 Å². The van der Waals surface area contributed by atoms with Gasteiger partial charge in [0.05, 0.1) is 11.4 Å². The molecule has 17 heavy (non-hydrogen) atoms. The Morgan fingerprint density at radius 1 is 1.29 bits per heavy atom. The molecule has 0 radical (unpaired) electrons. The molecular formula is C12H27NO3S. The fraction of sp³-hybridized carbons (Fsp3) is 1.00. The summed E-state index contributed by atoms with van der Waals surface area (Å²) in [6, 6.07) is 0. The minimum absolute atomic E-state index is 0.0651. The maximum Gasteiger partial charge on any atom is 0.211 e. The third-order valence-corrected chi connectivity index (χ3v) is 4.65. The molecule has 4 nitrogen and oxygen atoms in total. The first-order valence-corrected chi connectivity index (χ1v) is 7.95. The van der Waals surface area contributed by atoms with E-state index in [1.165, 1.54) is 0 Å². The first-order valence-electron chi connectivity index (χ1n) is 6.30. The normalized spacial score (nSPS) is 18.1. The second kappa shape index (κ2) is 6.71. The van der Waals surface area contributed by atoms with E-state index < -0.39 is 15.6 Å². The van der Waals surface area contributed by atoms with E-state index in [0.717, 1.165) is 6.42 Å². The molecule has 104 valence electrons. The van der Waals surface area contributed by atoms with Gasteiger partial charge in [-0.1, -0.05) is 34.1 Å². The third kappa shape index (κ3) is 7.01. The van der Waals surface area contributed by atoms with Crippen LogP contribution in [0, 0.1) is 11.8 Å². The zero-order chi connectivity index (χ0) is 13.7. The van der Waals surface area contributed by atoms with Crippen molar-refractivity contribution < 1.29 is 13.5 Å². The van der Waals surface area contributed by atoms with Crippen molar-refractivity contribution in [2.24, 2.45) is 11.8 Å². The maximum atomic E-state index is 11.7. The molecule has 0 aliphatic heterocycles. The summed E-state index contributed by atoms with van der Waals surface area (Å²) < 4.78 is 25.8. The molecule has 0 spiro atoms. The van der Waals surface area contributed by atoms with Gasteiger partial charge in [0, 0.05) is 6.54 Å². The van der Waals surface area contributed by atoms with Gasteiger partial charge >= 0.3 is 0 Å². The summed E-state index contributed by atoms with van der Waals surface area (Å²) >= 11 is 0. The lowest BCUT2D eigenvalue weighted by Gasteiger charge is -2.29. The average molecular weight is 265 g/mol. The van der Waals surface area contributed by atoms with Crippen molar-refractivity contribution in [2.75, 3.05) is 12.3 Å². The van der Waals surface area contributed by atoms with Crippen molar-refractivity contribution in [1.29, 1.82) is 0 Å². The van der Waals surface area contributed by atoms with Crippen molar-refractivity contribution in [1.82, 2.24) is 4.72 Å². The molecule has 5 heteroatoms. The molecule has 0 aromatic carbocycles. The molecule has 0 bridgehead atoms. The standard InChI is InChI=1S/C12H27NO3S/c1-6-11(4)12(5,14)9-13-17(15,16)8-7-10(2)3/h10-11,13-14H,6-9H2,1-5H3. The molecule has 2 unspecified atom stereocenters. The molecule has 0 fully saturated rings. The van der Waals surface area contributed by atoms with Crippen LogP contribution >= 0.6 is 0 Å². The monoisotopic (exact) mass is 265 g/mol. The highest BCUT2D eigenvalue weighted by Gasteiger charge is 2.28. The predicted octanol–water partition coefficient (Wildman–Crippen LogP) is 1.75. The van der Waals surface area contributed by atoms with E-state index >= 15 is 0 Å². The molecule has 0 heterocycles. The van der Waals surface area contributed by atoms with Gasteiger partial charge in [-0.3, -0.25) is 0 Å². The van der Waals surface area contributed by atoms with Gasteiger partial charge in [0.15, 0.2) is 0 Å². The van der Waals surface area contributed by atoms with Crippen LogP contribution in [0.1, 0.15) is 47.5 Å². The molecule has 0 amide bonds. The molecular weight excluding hydrogens is 238 g/mol. The Balaban J connectivity index is 4.26. The van der Waals surface area contributed by atoms with E-state index in [4.69, 9.17) is 0 Å². The topological polar surface area (TPSA) is 66.4 Å². The average Bonchev–Trinajstić information content (AvgIpc) is 2.23. The van der Waals surface area contributed by atoms with Crippen molar-refractivity contribution >= 4 is 10.0 Å². The fourth-order valence-electron chi connectivity index (χ4n) is 1.33. The van der Waals surface area contributed by atoms with Crippen LogP contribution in [0.4, 0.5) is 0 Å². The fourth-order valence-corrected chi connectivity index (χ4v) is 2.77. The van der Waals surface area contributed by atoms with Gasteiger partial charge in [0.2, 0.25) is 10.0 Å². The Morgan fingerprint density at radius 3 is 2.24 bits per heavy atom. The SMILES string of the molecule is CCC(C)C(C)(O)CNS(=O)(=O)CCC(C)C. The van der Waals surface area contributed by atoms with Crippen molar-refractivity contribution in [2.45, 2.75) is 53.1 Å². The molecule has 0 saturated heterocycles. The van der Waals surface area contributed by atoms with Crippen LogP contribution in [-0.2, 0) is 10.0 Å². The van der Waals surface area contributed by atoms with E-state index in [9.17, 15) is 13.5 Å². The van der Waals surface area contributed by atoms with Gasteiger partial charge < -0.3 is 5.11 Å². The largest absolute Gasteiger partial charge is 0.389 e. The van der Waals surface area contributed by atoms with Gasteiger partial charge in [-0.25, -0.2) is 13.1 Å². The van der Waals surface area contributed by atoms with E-state index in [0.29, 0.717) is 12.3 Å². The van der Waals surface area contributed by atoms with E-state index in [1.54, 1.807) is 6.92 Å².